The van der Waals surface area contributed by atoms with E-state index in [1.165, 1.54) is 56.6 Å². The van der Waals surface area contributed by atoms with Crippen molar-refractivity contribution in [1.82, 2.24) is 4.90 Å². The zero-order valence-electron chi connectivity index (χ0n) is 13.3. The molecule has 3 aliphatic heterocycles. The van der Waals surface area contributed by atoms with Crippen LogP contribution in [-0.4, -0.2) is 53.0 Å². The van der Waals surface area contributed by atoms with Crippen LogP contribution in [0.2, 0.25) is 0 Å². The standard InChI is InChI=1S/C17H29NO2S/c1-14(19)11-15-5-3-2-4-8-18(15)16-6-9-20-17(12-16)7-10-21-13-17/h15-16H,2-13H2,1H3. The second-order valence-corrected chi connectivity index (χ2v) is 8.23. The molecule has 3 heterocycles. The van der Waals surface area contributed by atoms with Crippen molar-refractivity contribution in [3.63, 3.8) is 0 Å². The molecule has 3 rings (SSSR count). The van der Waals surface area contributed by atoms with Crippen LogP contribution in [0, 0.1) is 0 Å². The van der Waals surface area contributed by atoms with Gasteiger partial charge in [0.25, 0.3) is 0 Å². The van der Waals surface area contributed by atoms with E-state index in [0.717, 1.165) is 19.4 Å². The van der Waals surface area contributed by atoms with Gasteiger partial charge in [-0.1, -0.05) is 12.8 Å². The molecule has 3 aliphatic rings. The summed E-state index contributed by atoms with van der Waals surface area (Å²) in [5, 5.41) is 0. The van der Waals surface area contributed by atoms with Gasteiger partial charge in [-0.15, -0.1) is 0 Å². The molecule has 3 nitrogen and oxygen atoms in total. The molecule has 0 aromatic rings. The van der Waals surface area contributed by atoms with Gasteiger partial charge in [0.05, 0.1) is 5.60 Å². The fourth-order valence-electron chi connectivity index (χ4n) is 4.38. The Hall–Kier alpha value is -0.0600. The normalized spacial score (nSPS) is 38.5. The van der Waals surface area contributed by atoms with Crippen LogP contribution < -0.4 is 0 Å². The first kappa shape index (κ1) is 15.8. The van der Waals surface area contributed by atoms with Crippen LogP contribution in [0.3, 0.4) is 0 Å². The van der Waals surface area contributed by atoms with Gasteiger partial charge < -0.3 is 4.74 Å². The Balaban J connectivity index is 1.70. The van der Waals surface area contributed by atoms with Gasteiger partial charge in [0.1, 0.15) is 5.78 Å². The Morgan fingerprint density at radius 2 is 2.24 bits per heavy atom. The summed E-state index contributed by atoms with van der Waals surface area (Å²) >= 11 is 2.05. The van der Waals surface area contributed by atoms with E-state index in [4.69, 9.17) is 4.74 Å². The molecule has 1 spiro atoms. The van der Waals surface area contributed by atoms with Crippen molar-refractivity contribution in [1.29, 1.82) is 0 Å². The number of nitrogens with zero attached hydrogens (tertiary/aromatic N) is 1. The van der Waals surface area contributed by atoms with Gasteiger partial charge in [-0.05, 0) is 51.3 Å². The van der Waals surface area contributed by atoms with Crippen LogP contribution >= 0.6 is 11.8 Å². The van der Waals surface area contributed by atoms with E-state index in [1.54, 1.807) is 6.92 Å². The highest BCUT2D eigenvalue weighted by molar-refractivity contribution is 7.99. The maximum Gasteiger partial charge on any atom is 0.131 e. The number of likely N-dealkylation sites (tertiary alicyclic amines) is 1. The summed E-state index contributed by atoms with van der Waals surface area (Å²) in [7, 11) is 0. The van der Waals surface area contributed by atoms with Gasteiger partial charge in [-0.25, -0.2) is 0 Å². The summed E-state index contributed by atoms with van der Waals surface area (Å²) in [4.78, 5) is 14.3. The van der Waals surface area contributed by atoms with Gasteiger partial charge >= 0.3 is 0 Å². The molecule has 0 saturated carbocycles. The predicted octanol–water partition coefficient (Wildman–Crippen LogP) is 3.26. The molecule has 0 radical (unpaired) electrons. The summed E-state index contributed by atoms with van der Waals surface area (Å²) in [5.41, 5.74) is 0.153. The summed E-state index contributed by atoms with van der Waals surface area (Å²) < 4.78 is 6.18. The lowest BCUT2D eigenvalue weighted by Crippen LogP contribution is -2.52. The third kappa shape index (κ3) is 3.83. The molecule has 3 fully saturated rings. The molecular formula is C17H29NO2S. The molecule has 120 valence electrons. The molecule has 0 aliphatic carbocycles. The van der Waals surface area contributed by atoms with Crippen molar-refractivity contribution >= 4 is 17.5 Å². The number of Topliss-reactive ketones (excluding diaryl/α,β-unsaturated/α-hetero) is 1. The van der Waals surface area contributed by atoms with E-state index in [0.29, 0.717) is 17.9 Å². The minimum atomic E-state index is 0.153. The van der Waals surface area contributed by atoms with Crippen LogP contribution in [0.25, 0.3) is 0 Å². The maximum absolute atomic E-state index is 11.6. The van der Waals surface area contributed by atoms with Crippen LogP contribution in [0.1, 0.15) is 58.3 Å². The van der Waals surface area contributed by atoms with Crippen molar-refractivity contribution in [3.8, 4) is 0 Å². The maximum atomic E-state index is 11.6. The Bertz CT molecular complexity index is 368. The zero-order valence-corrected chi connectivity index (χ0v) is 14.1. The topological polar surface area (TPSA) is 29.5 Å². The lowest BCUT2D eigenvalue weighted by Gasteiger charge is -2.45. The molecule has 0 bridgehead atoms. The number of ether oxygens (including phenoxy) is 1. The van der Waals surface area contributed by atoms with Gasteiger partial charge in [0.15, 0.2) is 0 Å². The quantitative estimate of drug-likeness (QED) is 0.800. The van der Waals surface area contributed by atoms with E-state index < -0.39 is 0 Å². The second kappa shape index (κ2) is 7.01. The first-order valence-corrected chi connectivity index (χ1v) is 9.81. The lowest BCUT2D eigenvalue weighted by atomic mass is 9.87. The van der Waals surface area contributed by atoms with Gasteiger partial charge in [0.2, 0.25) is 0 Å². The molecule has 3 atom stereocenters. The van der Waals surface area contributed by atoms with Crippen LogP contribution in [0.5, 0.6) is 0 Å². The van der Waals surface area contributed by atoms with E-state index in [-0.39, 0.29) is 5.60 Å². The molecule has 3 saturated heterocycles. The highest BCUT2D eigenvalue weighted by atomic mass is 32.2. The molecule has 3 unspecified atom stereocenters. The molecule has 0 amide bonds. The van der Waals surface area contributed by atoms with Crippen molar-refractivity contribution in [2.75, 3.05) is 24.7 Å². The summed E-state index contributed by atoms with van der Waals surface area (Å²) in [6, 6.07) is 1.12. The molecule has 0 aromatic carbocycles. The summed E-state index contributed by atoms with van der Waals surface area (Å²) in [6.45, 7) is 3.85. The summed E-state index contributed by atoms with van der Waals surface area (Å²) in [6.07, 6.45) is 9.44. The lowest BCUT2D eigenvalue weighted by molar-refractivity contribution is -0.120. The fourth-order valence-corrected chi connectivity index (χ4v) is 5.76. The first-order valence-electron chi connectivity index (χ1n) is 8.65. The number of carbonyl (C=O) groups excluding carboxylic acids is 1. The van der Waals surface area contributed by atoms with Crippen molar-refractivity contribution in [3.05, 3.63) is 0 Å². The summed E-state index contributed by atoms with van der Waals surface area (Å²) in [5.74, 6) is 2.78. The molecule has 0 N–H and O–H groups in total. The minimum absolute atomic E-state index is 0.153. The van der Waals surface area contributed by atoms with Gasteiger partial charge in [0, 0.05) is 30.9 Å². The predicted molar refractivity (Wildman–Crippen MR) is 87.9 cm³/mol. The Morgan fingerprint density at radius 1 is 1.33 bits per heavy atom. The molecule has 0 aromatic heterocycles. The minimum Gasteiger partial charge on any atom is -0.374 e. The number of ketones is 1. The van der Waals surface area contributed by atoms with E-state index in [9.17, 15) is 4.79 Å². The second-order valence-electron chi connectivity index (χ2n) is 7.13. The largest absolute Gasteiger partial charge is 0.374 e. The molecular weight excluding hydrogens is 282 g/mol. The molecule has 4 heteroatoms. The monoisotopic (exact) mass is 311 g/mol. The van der Waals surface area contributed by atoms with E-state index in [1.807, 2.05) is 11.8 Å². The smallest absolute Gasteiger partial charge is 0.131 e. The van der Waals surface area contributed by atoms with Crippen molar-refractivity contribution in [2.24, 2.45) is 0 Å². The average molecular weight is 311 g/mol. The zero-order chi connectivity index (χ0) is 14.7. The van der Waals surface area contributed by atoms with Gasteiger partial charge in [-0.2, -0.15) is 11.8 Å². The number of rotatable bonds is 3. The Morgan fingerprint density at radius 3 is 3.00 bits per heavy atom. The van der Waals surface area contributed by atoms with Crippen LogP contribution in [0.4, 0.5) is 0 Å². The molecule has 21 heavy (non-hydrogen) atoms. The SMILES string of the molecule is CC(=O)CC1CCCCCN1C1CCOC2(CCSC2)C1. The number of hydrogen-bond donors (Lipinski definition) is 0. The van der Waals surface area contributed by atoms with Crippen LogP contribution in [-0.2, 0) is 9.53 Å². The number of carbonyl (C=O) groups is 1. The van der Waals surface area contributed by atoms with Crippen LogP contribution in [0.15, 0.2) is 0 Å². The van der Waals surface area contributed by atoms with Crippen molar-refractivity contribution in [2.45, 2.75) is 76.0 Å². The van der Waals surface area contributed by atoms with Gasteiger partial charge in [-0.3, -0.25) is 9.69 Å². The third-order valence-corrected chi connectivity index (χ3v) is 6.67. The highest BCUT2D eigenvalue weighted by Gasteiger charge is 2.43. The third-order valence-electron chi connectivity index (χ3n) is 5.45. The number of hydrogen-bond acceptors (Lipinski definition) is 4. The fraction of sp³-hybridized carbons (Fsp3) is 0.941. The first-order chi connectivity index (χ1) is 10.2. The van der Waals surface area contributed by atoms with Crippen molar-refractivity contribution < 1.29 is 9.53 Å². The number of thioether (sulfide) groups is 1. The average Bonchev–Trinajstić information content (AvgIpc) is 2.76. The Kier molecular flexibility index (Phi) is 5.28. The Labute approximate surface area is 133 Å². The van der Waals surface area contributed by atoms with E-state index >= 15 is 0 Å². The highest BCUT2D eigenvalue weighted by Crippen LogP contribution is 2.40. The van der Waals surface area contributed by atoms with E-state index in [2.05, 4.69) is 4.90 Å².